The van der Waals surface area contributed by atoms with Gasteiger partial charge in [0.15, 0.2) is 0 Å². The second-order valence-electron chi connectivity index (χ2n) is 4.40. The number of benzene rings is 1. The fraction of sp³-hybridized carbons (Fsp3) is 0.600. The molecule has 0 aliphatic heterocycles. The molecule has 0 aromatic heterocycles. The molecule has 3 heteroatoms. The van der Waals surface area contributed by atoms with Crippen LogP contribution < -0.4 is 14.8 Å². The van der Waals surface area contributed by atoms with E-state index >= 15 is 0 Å². The molecule has 1 rings (SSSR count). The van der Waals surface area contributed by atoms with Crippen LogP contribution >= 0.6 is 0 Å². The molecule has 0 heterocycles. The molecule has 0 aliphatic carbocycles. The number of rotatable bonds is 8. The van der Waals surface area contributed by atoms with Gasteiger partial charge in [-0.15, -0.1) is 0 Å². The second-order valence-corrected chi connectivity index (χ2v) is 4.40. The van der Waals surface area contributed by atoms with Crippen LogP contribution in [0.2, 0.25) is 0 Å². The zero-order chi connectivity index (χ0) is 13.4. The summed E-state index contributed by atoms with van der Waals surface area (Å²) in [6.07, 6.45) is 2.12. The minimum absolute atomic E-state index is 0.230. The molecule has 0 spiro atoms. The molecular formula is C15H25NO2. The van der Waals surface area contributed by atoms with Crippen molar-refractivity contribution in [3.8, 4) is 11.5 Å². The zero-order valence-corrected chi connectivity index (χ0v) is 12.0. The Balaban J connectivity index is 2.94. The van der Waals surface area contributed by atoms with Crippen LogP contribution in [0, 0.1) is 0 Å². The van der Waals surface area contributed by atoms with E-state index in [0.717, 1.165) is 43.1 Å². The van der Waals surface area contributed by atoms with Gasteiger partial charge in [0.05, 0.1) is 19.3 Å². The molecule has 1 N–H and O–H groups in total. The molecule has 0 amide bonds. The third-order valence-corrected chi connectivity index (χ3v) is 2.84. The van der Waals surface area contributed by atoms with E-state index in [1.54, 1.807) is 7.11 Å². The summed E-state index contributed by atoms with van der Waals surface area (Å²) in [7, 11) is 1.70. The highest BCUT2D eigenvalue weighted by Gasteiger charge is 2.16. The minimum atomic E-state index is 0.230. The molecule has 3 nitrogen and oxygen atoms in total. The van der Waals surface area contributed by atoms with Gasteiger partial charge in [-0.2, -0.15) is 0 Å². The molecule has 1 atom stereocenters. The summed E-state index contributed by atoms with van der Waals surface area (Å²) < 4.78 is 11.3. The summed E-state index contributed by atoms with van der Waals surface area (Å²) in [6, 6.07) is 6.20. The Hall–Kier alpha value is -1.22. The van der Waals surface area contributed by atoms with E-state index in [0.29, 0.717) is 0 Å². The highest BCUT2D eigenvalue weighted by Crippen LogP contribution is 2.34. The van der Waals surface area contributed by atoms with Crippen molar-refractivity contribution in [2.24, 2.45) is 0 Å². The maximum atomic E-state index is 5.81. The van der Waals surface area contributed by atoms with E-state index in [4.69, 9.17) is 9.47 Å². The average molecular weight is 251 g/mol. The van der Waals surface area contributed by atoms with Crippen LogP contribution in [0.15, 0.2) is 18.2 Å². The second kappa shape index (κ2) is 7.98. The van der Waals surface area contributed by atoms with Crippen molar-refractivity contribution in [2.45, 2.75) is 39.7 Å². The van der Waals surface area contributed by atoms with Gasteiger partial charge in [-0.05, 0) is 38.4 Å². The minimum Gasteiger partial charge on any atom is -0.496 e. The standard InChI is InChI=1S/C15H25NO2/c1-5-10-16-12(3)15-13(17-4)8-7-9-14(15)18-11-6-2/h7-9,12,16H,5-6,10-11H2,1-4H3. The summed E-state index contributed by atoms with van der Waals surface area (Å²) in [5, 5.41) is 3.48. The monoisotopic (exact) mass is 251 g/mol. The zero-order valence-electron chi connectivity index (χ0n) is 12.0. The highest BCUT2D eigenvalue weighted by molar-refractivity contribution is 5.46. The SMILES string of the molecule is CCCNC(C)c1c(OC)cccc1OCCC. The van der Waals surface area contributed by atoms with Crippen molar-refractivity contribution in [3.05, 3.63) is 23.8 Å². The number of ether oxygens (including phenoxy) is 2. The summed E-state index contributed by atoms with van der Waals surface area (Å²) >= 11 is 0. The first-order chi connectivity index (χ1) is 8.74. The Morgan fingerprint density at radius 1 is 1.17 bits per heavy atom. The van der Waals surface area contributed by atoms with E-state index < -0.39 is 0 Å². The van der Waals surface area contributed by atoms with Crippen LogP contribution in [0.3, 0.4) is 0 Å². The van der Waals surface area contributed by atoms with Crippen LogP contribution in [0.1, 0.15) is 45.2 Å². The topological polar surface area (TPSA) is 30.5 Å². The summed E-state index contributed by atoms with van der Waals surface area (Å²) in [4.78, 5) is 0. The molecule has 102 valence electrons. The molecule has 1 unspecified atom stereocenters. The van der Waals surface area contributed by atoms with Gasteiger partial charge in [-0.3, -0.25) is 0 Å². The normalized spacial score (nSPS) is 12.2. The maximum absolute atomic E-state index is 5.81. The van der Waals surface area contributed by atoms with E-state index in [1.165, 1.54) is 0 Å². The lowest BCUT2D eigenvalue weighted by molar-refractivity contribution is 0.305. The number of hydrogen-bond acceptors (Lipinski definition) is 3. The smallest absolute Gasteiger partial charge is 0.127 e. The molecule has 0 bridgehead atoms. The lowest BCUT2D eigenvalue weighted by atomic mass is 10.1. The Kier molecular flexibility index (Phi) is 6.58. The Bertz CT molecular complexity index is 352. The van der Waals surface area contributed by atoms with E-state index in [2.05, 4.69) is 26.1 Å². The summed E-state index contributed by atoms with van der Waals surface area (Å²) in [6.45, 7) is 8.15. The molecule has 1 aromatic rings. The quantitative estimate of drug-likeness (QED) is 0.766. The van der Waals surface area contributed by atoms with Crippen molar-refractivity contribution in [3.63, 3.8) is 0 Å². The molecule has 0 radical (unpaired) electrons. The highest BCUT2D eigenvalue weighted by atomic mass is 16.5. The Labute approximate surface area is 110 Å². The summed E-state index contributed by atoms with van der Waals surface area (Å²) in [5.74, 6) is 1.81. The number of hydrogen-bond donors (Lipinski definition) is 1. The Morgan fingerprint density at radius 2 is 1.89 bits per heavy atom. The molecule has 1 aromatic carbocycles. The molecule has 0 aliphatic rings. The van der Waals surface area contributed by atoms with Crippen LogP contribution in [0.25, 0.3) is 0 Å². The van der Waals surface area contributed by atoms with E-state index in [1.807, 2.05) is 18.2 Å². The van der Waals surface area contributed by atoms with Crippen molar-refractivity contribution in [2.75, 3.05) is 20.3 Å². The summed E-state index contributed by atoms with van der Waals surface area (Å²) in [5.41, 5.74) is 1.11. The van der Waals surface area contributed by atoms with Gasteiger partial charge >= 0.3 is 0 Å². The molecule has 0 saturated carbocycles. The van der Waals surface area contributed by atoms with Crippen molar-refractivity contribution >= 4 is 0 Å². The molecule has 0 fully saturated rings. The fourth-order valence-electron chi connectivity index (χ4n) is 1.93. The first-order valence-electron chi connectivity index (χ1n) is 6.77. The first-order valence-corrected chi connectivity index (χ1v) is 6.77. The largest absolute Gasteiger partial charge is 0.496 e. The van der Waals surface area contributed by atoms with Crippen molar-refractivity contribution < 1.29 is 9.47 Å². The van der Waals surface area contributed by atoms with Crippen LogP contribution in [-0.2, 0) is 0 Å². The number of nitrogens with one attached hydrogen (secondary N) is 1. The van der Waals surface area contributed by atoms with Gasteiger partial charge in [0.2, 0.25) is 0 Å². The lowest BCUT2D eigenvalue weighted by Crippen LogP contribution is -2.20. The molecular weight excluding hydrogens is 226 g/mol. The molecule has 18 heavy (non-hydrogen) atoms. The molecule has 0 saturated heterocycles. The van der Waals surface area contributed by atoms with Crippen LogP contribution in [-0.4, -0.2) is 20.3 Å². The van der Waals surface area contributed by atoms with Crippen molar-refractivity contribution in [1.29, 1.82) is 0 Å². The third-order valence-electron chi connectivity index (χ3n) is 2.84. The van der Waals surface area contributed by atoms with E-state index in [9.17, 15) is 0 Å². The van der Waals surface area contributed by atoms with E-state index in [-0.39, 0.29) is 6.04 Å². The van der Waals surface area contributed by atoms with Gasteiger partial charge in [0, 0.05) is 6.04 Å². The third kappa shape index (κ3) is 3.91. The fourth-order valence-corrected chi connectivity index (χ4v) is 1.93. The van der Waals surface area contributed by atoms with Crippen LogP contribution in [0.5, 0.6) is 11.5 Å². The lowest BCUT2D eigenvalue weighted by Gasteiger charge is -2.20. The average Bonchev–Trinajstić information content (AvgIpc) is 2.41. The maximum Gasteiger partial charge on any atom is 0.127 e. The van der Waals surface area contributed by atoms with Crippen molar-refractivity contribution in [1.82, 2.24) is 5.32 Å². The first kappa shape index (κ1) is 14.8. The predicted octanol–water partition coefficient (Wildman–Crippen LogP) is 3.54. The Morgan fingerprint density at radius 3 is 2.50 bits per heavy atom. The van der Waals surface area contributed by atoms with Crippen LogP contribution in [0.4, 0.5) is 0 Å². The van der Waals surface area contributed by atoms with Gasteiger partial charge in [0.1, 0.15) is 11.5 Å². The number of methoxy groups -OCH3 is 1. The van der Waals surface area contributed by atoms with Gasteiger partial charge < -0.3 is 14.8 Å². The van der Waals surface area contributed by atoms with Gasteiger partial charge in [-0.25, -0.2) is 0 Å². The van der Waals surface area contributed by atoms with Gasteiger partial charge in [-0.1, -0.05) is 19.9 Å². The predicted molar refractivity (Wildman–Crippen MR) is 75.5 cm³/mol. The van der Waals surface area contributed by atoms with Gasteiger partial charge in [0.25, 0.3) is 0 Å².